The summed E-state index contributed by atoms with van der Waals surface area (Å²) >= 11 is 0. The largest absolute Gasteiger partial charge is 0.481 e. The van der Waals surface area contributed by atoms with E-state index in [2.05, 4.69) is 15.1 Å². The van der Waals surface area contributed by atoms with Gasteiger partial charge in [0, 0.05) is 24.5 Å². The molecule has 116 valence electrons. The van der Waals surface area contributed by atoms with E-state index in [0.29, 0.717) is 18.7 Å². The van der Waals surface area contributed by atoms with Crippen LogP contribution in [0.15, 0.2) is 6.07 Å². The number of carbonyl (C=O) groups is 2. The Labute approximate surface area is 126 Å². The van der Waals surface area contributed by atoms with Crippen LogP contribution in [0.5, 0.6) is 0 Å². The molecule has 8 heteroatoms. The van der Waals surface area contributed by atoms with Gasteiger partial charge < -0.3 is 10.0 Å². The Morgan fingerprint density at radius 3 is 2.68 bits per heavy atom. The normalized spacial score (nSPS) is 21.5. The van der Waals surface area contributed by atoms with Crippen molar-refractivity contribution in [1.29, 1.82) is 0 Å². The number of hydrogen-bond donors (Lipinski definition) is 1. The smallest absolute Gasteiger partial charge is 0.311 e. The quantitative estimate of drug-likeness (QED) is 0.875. The fraction of sp³-hybridized carbons (Fsp3) is 0.500. The molecule has 1 amide bonds. The number of fused-ring (bicyclic) bond motifs is 1. The van der Waals surface area contributed by atoms with Gasteiger partial charge in [0.05, 0.1) is 5.41 Å². The van der Waals surface area contributed by atoms with Crippen LogP contribution in [-0.2, 0) is 4.79 Å². The molecule has 0 saturated carbocycles. The Kier molecular flexibility index (Phi) is 3.12. The molecule has 1 aliphatic rings. The van der Waals surface area contributed by atoms with Gasteiger partial charge in [-0.2, -0.15) is 4.98 Å². The van der Waals surface area contributed by atoms with Gasteiger partial charge in [-0.1, -0.05) is 0 Å². The number of nitrogens with zero attached hydrogens (tertiary/aromatic N) is 5. The highest BCUT2D eigenvalue weighted by molar-refractivity contribution is 5.92. The van der Waals surface area contributed by atoms with Crippen LogP contribution in [0.4, 0.5) is 0 Å². The molecule has 0 aliphatic carbocycles. The summed E-state index contributed by atoms with van der Waals surface area (Å²) in [5.74, 6) is -0.816. The van der Waals surface area contributed by atoms with Gasteiger partial charge in [-0.25, -0.2) is 9.50 Å². The standard InChI is InChI=1S/C14H17N5O3/c1-8-6-9(2)19-13(15-8)16-10(17-19)11(20)18-5-4-14(3,7-18)12(21)22/h6H,4-5,7H2,1-3H3,(H,21,22). The van der Waals surface area contributed by atoms with Gasteiger partial charge in [0.1, 0.15) is 0 Å². The maximum atomic E-state index is 12.5. The Morgan fingerprint density at radius 2 is 2.05 bits per heavy atom. The number of amides is 1. The van der Waals surface area contributed by atoms with Crippen molar-refractivity contribution in [3.8, 4) is 0 Å². The van der Waals surface area contributed by atoms with Gasteiger partial charge in [0.25, 0.3) is 11.7 Å². The summed E-state index contributed by atoms with van der Waals surface area (Å²) < 4.78 is 1.52. The molecule has 0 bridgehead atoms. The second kappa shape index (κ2) is 4.75. The van der Waals surface area contributed by atoms with Crippen molar-refractivity contribution in [2.45, 2.75) is 27.2 Å². The molecule has 22 heavy (non-hydrogen) atoms. The van der Waals surface area contributed by atoms with Crippen molar-refractivity contribution in [2.75, 3.05) is 13.1 Å². The Bertz CT molecular complexity index is 784. The van der Waals surface area contributed by atoms with Crippen molar-refractivity contribution in [2.24, 2.45) is 5.41 Å². The van der Waals surface area contributed by atoms with Crippen LogP contribution in [0.25, 0.3) is 5.78 Å². The number of aliphatic carboxylic acids is 1. The maximum absolute atomic E-state index is 12.5. The Morgan fingerprint density at radius 1 is 1.32 bits per heavy atom. The minimum atomic E-state index is -0.903. The topological polar surface area (TPSA) is 101 Å². The SMILES string of the molecule is Cc1cc(C)n2nc(C(=O)N3CCC(C)(C(=O)O)C3)nc2n1. The van der Waals surface area contributed by atoms with E-state index in [0.717, 1.165) is 11.4 Å². The van der Waals surface area contributed by atoms with Crippen LogP contribution in [0, 0.1) is 19.3 Å². The van der Waals surface area contributed by atoms with Crippen LogP contribution >= 0.6 is 0 Å². The minimum Gasteiger partial charge on any atom is -0.481 e. The van der Waals surface area contributed by atoms with Crippen LogP contribution in [0.1, 0.15) is 35.4 Å². The molecule has 1 aliphatic heterocycles. The molecular weight excluding hydrogens is 286 g/mol. The molecule has 0 aromatic carbocycles. The molecule has 1 fully saturated rings. The van der Waals surface area contributed by atoms with Gasteiger partial charge >= 0.3 is 5.97 Å². The molecule has 2 aromatic heterocycles. The molecule has 0 radical (unpaired) electrons. The third kappa shape index (κ3) is 2.20. The van der Waals surface area contributed by atoms with Crippen LogP contribution < -0.4 is 0 Å². The number of carboxylic acid groups (broad SMARTS) is 1. The van der Waals surface area contributed by atoms with Gasteiger partial charge in [-0.3, -0.25) is 9.59 Å². The van der Waals surface area contributed by atoms with Crippen molar-refractivity contribution in [3.63, 3.8) is 0 Å². The van der Waals surface area contributed by atoms with Crippen molar-refractivity contribution < 1.29 is 14.7 Å². The van der Waals surface area contributed by atoms with E-state index in [1.807, 2.05) is 19.9 Å². The van der Waals surface area contributed by atoms with E-state index in [1.165, 1.54) is 9.42 Å². The summed E-state index contributed by atoms with van der Waals surface area (Å²) in [5.41, 5.74) is 0.737. The Hall–Kier alpha value is -2.51. The highest BCUT2D eigenvalue weighted by atomic mass is 16.4. The van der Waals surface area contributed by atoms with E-state index in [1.54, 1.807) is 6.92 Å². The minimum absolute atomic E-state index is 0.0517. The van der Waals surface area contributed by atoms with Crippen LogP contribution in [-0.4, -0.2) is 54.6 Å². The fourth-order valence-electron chi connectivity index (χ4n) is 2.71. The second-order valence-corrected chi connectivity index (χ2v) is 6.03. The first-order valence-electron chi connectivity index (χ1n) is 7.04. The monoisotopic (exact) mass is 303 g/mol. The van der Waals surface area contributed by atoms with Gasteiger partial charge in [0.2, 0.25) is 5.82 Å². The van der Waals surface area contributed by atoms with E-state index in [-0.39, 0.29) is 18.3 Å². The molecule has 3 heterocycles. The summed E-state index contributed by atoms with van der Waals surface area (Å²) in [6.45, 7) is 5.92. The number of rotatable bonds is 2. The predicted octanol–water partition coefficient (Wildman–Crippen LogP) is 0.678. The first-order valence-corrected chi connectivity index (χ1v) is 7.04. The van der Waals surface area contributed by atoms with Gasteiger partial charge in [0.15, 0.2) is 0 Å². The van der Waals surface area contributed by atoms with Crippen molar-refractivity contribution >= 4 is 17.7 Å². The summed E-state index contributed by atoms with van der Waals surface area (Å²) in [7, 11) is 0. The number of aryl methyl sites for hydroxylation is 2. The highest BCUT2D eigenvalue weighted by Crippen LogP contribution is 2.30. The zero-order chi connectivity index (χ0) is 16.1. The molecule has 1 unspecified atom stereocenters. The lowest BCUT2D eigenvalue weighted by atomic mass is 9.90. The number of hydrogen-bond acceptors (Lipinski definition) is 5. The first-order chi connectivity index (χ1) is 10.3. The number of carbonyl (C=O) groups excluding carboxylic acids is 1. The lowest BCUT2D eigenvalue weighted by Crippen LogP contribution is -2.35. The molecule has 1 atom stereocenters. The zero-order valence-electron chi connectivity index (χ0n) is 12.7. The molecule has 1 N–H and O–H groups in total. The average molecular weight is 303 g/mol. The van der Waals surface area contributed by atoms with Gasteiger partial charge in [-0.05, 0) is 33.3 Å². The summed E-state index contributed by atoms with van der Waals surface area (Å²) in [6, 6.07) is 1.85. The number of aromatic nitrogens is 4. The van der Waals surface area contributed by atoms with Crippen LogP contribution in [0.2, 0.25) is 0 Å². The van der Waals surface area contributed by atoms with E-state index < -0.39 is 11.4 Å². The molecule has 8 nitrogen and oxygen atoms in total. The zero-order valence-corrected chi connectivity index (χ0v) is 12.7. The molecule has 2 aromatic rings. The summed E-state index contributed by atoms with van der Waals surface area (Å²) in [4.78, 5) is 33.7. The fourth-order valence-corrected chi connectivity index (χ4v) is 2.71. The van der Waals surface area contributed by atoms with E-state index in [4.69, 9.17) is 0 Å². The molecular formula is C14H17N5O3. The molecule has 0 spiro atoms. The Balaban J connectivity index is 1.90. The number of likely N-dealkylation sites (tertiary alicyclic amines) is 1. The lowest BCUT2D eigenvalue weighted by molar-refractivity contribution is -0.147. The van der Waals surface area contributed by atoms with E-state index >= 15 is 0 Å². The maximum Gasteiger partial charge on any atom is 0.311 e. The predicted molar refractivity (Wildman–Crippen MR) is 76.5 cm³/mol. The molecule has 3 rings (SSSR count). The average Bonchev–Trinajstić information content (AvgIpc) is 3.03. The second-order valence-electron chi connectivity index (χ2n) is 6.03. The van der Waals surface area contributed by atoms with Gasteiger partial charge in [-0.15, -0.1) is 5.10 Å². The molecule has 1 saturated heterocycles. The third-order valence-corrected chi connectivity index (χ3v) is 4.09. The number of carboxylic acids is 1. The highest BCUT2D eigenvalue weighted by Gasteiger charge is 2.43. The van der Waals surface area contributed by atoms with Crippen LogP contribution in [0.3, 0.4) is 0 Å². The lowest BCUT2D eigenvalue weighted by Gasteiger charge is -2.18. The first kappa shape index (κ1) is 14.4. The summed E-state index contributed by atoms with van der Waals surface area (Å²) in [5, 5.41) is 13.4. The third-order valence-electron chi connectivity index (χ3n) is 4.09. The van der Waals surface area contributed by atoms with E-state index in [9.17, 15) is 14.7 Å². The van der Waals surface area contributed by atoms with Crippen molar-refractivity contribution in [1.82, 2.24) is 24.5 Å². The summed E-state index contributed by atoms with van der Waals surface area (Å²) in [6.07, 6.45) is 0.428. The van der Waals surface area contributed by atoms with Crippen molar-refractivity contribution in [3.05, 3.63) is 23.3 Å².